The zero-order chi connectivity index (χ0) is 15.4. The van der Waals surface area contributed by atoms with Gasteiger partial charge in [-0.3, -0.25) is 14.9 Å². The Balaban J connectivity index is 1.91. The van der Waals surface area contributed by atoms with Gasteiger partial charge in [0.25, 0.3) is 11.6 Å². The van der Waals surface area contributed by atoms with Gasteiger partial charge in [-0.05, 0) is 24.8 Å². The molecule has 1 saturated heterocycles. The van der Waals surface area contributed by atoms with Gasteiger partial charge >= 0.3 is 0 Å². The van der Waals surface area contributed by atoms with Crippen LogP contribution in [0.1, 0.15) is 19.8 Å². The van der Waals surface area contributed by atoms with Crippen LogP contribution >= 0.6 is 0 Å². The summed E-state index contributed by atoms with van der Waals surface area (Å²) in [5, 5.41) is 10.5. The zero-order valence-corrected chi connectivity index (χ0v) is 11.8. The third-order valence-electron chi connectivity index (χ3n) is 3.61. The zero-order valence-electron chi connectivity index (χ0n) is 11.8. The lowest BCUT2D eigenvalue weighted by atomic mass is 9.99. The number of nitrogens with zero attached hydrogens (tertiary/aromatic N) is 2. The Morgan fingerprint density at radius 3 is 2.71 bits per heavy atom. The van der Waals surface area contributed by atoms with E-state index in [-0.39, 0.29) is 24.0 Å². The van der Waals surface area contributed by atoms with Crippen molar-refractivity contribution in [3.63, 3.8) is 0 Å². The molecule has 0 unspecified atom stereocenters. The quantitative estimate of drug-likeness (QED) is 0.631. The second-order valence-corrected chi connectivity index (χ2v) is 5.22. The fourth-order valence-corrected chi connectivity index (χ4v) is 2.21. The van der Waals surface area contributed by atoms with Crippen molar-refractivity contribution in [1.29, 1.82) is 0 Å². The van der Waals surface area contributed by atoms with Crippen molar-refractivity contribution >= 4 is 11.6 Å². The second-order valence-electron chi connectivity index (χ2n) is 5.22. The van der Waals surface area contributed by atoms with Crippen LogP contribution in [0.25, 0.3) is 0 Å². The Hall–Kier alpha value is -2.18. The number of rotatable bonds is 4. The minimum atomic E-state index is -0.843. The predicted octanol–water partition coefficient (Wildman–Crippen LogP) is 2.37. The van der Waals surface area contributed by atoms with Gasteiger partial charge in [0.2, 0.25) is 0 Å². The number of nitro groups is 1. The number of amides is 1. The Bertz CT molecular complexity index is 542. The molecular weight excluding hydrogens is 279 g/mol. The lowest BCUT2D eigenvalue weighted by molar-refractivity contribution is -0.385. The maximum absolute atomic E-state index is 13.6. The van der Waals surface area contributed by atoms with Gasteiger partial charge in [0.05, 0.1) is 11.0 Å². The molecule has 1 aliphatic heterocycles. The minimum absolute atomic E-state index is 0.153. The van der Waals surface area contributed by atoms with Crippen LogP contribution in [-0.2, 0) is 4.79 Å². The van der Waals surface area contributed by atoms with Crippen LogP contribution < -0.4 is 4.74 Å². The van der Waals surface area contributed by atoms with E-state index in [0.717, 1.165) is 25.0 Å². The first kappa shape index (κ1) is 15.2. The first-order chi connectivity index (χ1) is 9.97. The fourth-order valence-electron chi connectivity index (χ4n) is 2.21. The van der Waals surface area contributed by atoms with Crippen LogP contribution in [0.5, 0.6) is 5.75 Å². The lowest BCUT2D eigenvalue weighted by Crippen LogP contribution is -2.40. The van der Waals surface area contributed by atoms with Crippen LogP contribution in [-0.4, -0.2) is 35.4 Å². The number of non-ortho nitro benzene ring substituents is 1. The van der Waals surface area contributed by atoms with Crippen LogP contribution in [0.2, 0.25) is 0 Å². The van der Waals surface area contributed by atoms with Gasteiger partial charge in [-0.1, -0.05) is 6.92 Å². The summed E-state index contributed by atoms with van der Waals surface area (Å²) < 4.78 is 18.7. The summed E-state index contributed by atoms with van der Waals surface area (Å²) in [4.78, 5) is 23.4. The number of piperidine rings is 1. The Morgan fingerprint density at radius 2 is 2.14 bits per heavy atom. The van der Waals surface area contributed by atoms with Gasteiger partial charge in [0.1, 0.15) is 0 Å². The van der Waals surface area contributed by atoms with Crippen molar-refractivity contribution < 1.29 is 18.8 Å². The van der Waals surface area contributed by atoms with Crippen molar-refractivity contribution in [2.45, 2.75) is 19.8 Å². The number of carbonyl (C=O) groups is 1. The highest BCUT2D eigenvalue weighted by Gasteiger charge is 2.21. The number of likely N-dealkylation sites (tertiary alicyclic amines) is 1. The molecule has 1 fully saturated rings. The normalized spacial score (nSPS) is 15.8. The molecule has 0 atom stereocenters. The summed E-state index contributed by atoms with van der Waals surface area (Å²) >= 11 is 0. The molecule has 0 spiro atoms. The van der Waals surface area contributed by atoms with Crippen molar-refractivity contribution in [2.75, 3.05) is 19.7 Å². The largest absolute Gasteiger partial charge is 0.481 e. The van der Waals surface area contributed by atoms with Crippen LogP contribution in [0.4, 0.5) is 10.1 Å². The summed E-state index contributed by atoms with van der Waals surface area (Å²) in [5.74, 6) is -0.578. The predicted molar refractivity (Wildman–Crippen MR) is 73.5 cm³/mol. The molecule has 0 aliphatic carbocycles. The maximum atomic E-state index is 13.6. The van der Waals surface area contributed by atoms with Crippen molar-refractivity contribution in [3.05, 3.63) is 34.1 Å². The monoisotopic (exact) mass is 296 g/mol. The number of nitro benzene ring substituents is 1. The number of carbonyl (C=O) groups excluding carboxylic acids is 1. The average molecular weight is 296 g/mol. The molecule has 1 aromatic rings. The lowest BCUT2D eigenvalue weighted by Gasteiger charge is -2.30. The van der Waals surface area contributed by atoms with Crippen LogP contribution in [0.3, 0.4) is 0 Å². The van der Waals surface area contributed by atoms with E-state index in [1.807, 2.05) is 0 Å². The third-order valence-corrected chi connectivity index (χ3v) is 3.61. The summed E-state index contributed by atoms with van der Waals surface area (Å²) in [6, 6.07) is 3.09. The van der Waals surface area contributed by atoms with Gasteiger partial charge in [-0.15, -0.1) is 0 Å². The van der Waals surface area contributed by atoms with Gasteiger partial charge in [-0.2, -0.15) is 0 Å². The number of ether oxygens (including phenoxy) is 1. The van der Waals surface area contributed by atoms with E-state index < -0.39 is 10.7 Å². The van der Waals surface area contributed by atoms with E-state index in [9.17, 15) is 19.3 Å². The van der Waals surface area contributed by atoms with Crippen LogP contribution in [0.15, 0.2) is 18.2 Å². The Morgan fingerprint density at radius 1 is 1.48 bits per heavy atom. The molecule has 6 nitrogen and oxygen atoms in total. The topological polar surface area (TPSA) is 72.7 Å². The van der Waals surface area contributed by atoms with Gasteiger partial charge in [-0.25, -0.2) is 4.39 Å². The standard InChI is InChI=1S/C14H17FN2O4/c1-10-4-6-16(7-5-10)14(18)9-21-13-3-2-11(17(19)20)8-12(13)15/h2-3,8,10H,4-7,9H2,1H3. The first-order valence-corrected chi connectivity index (χ1v) is 6.82. The average Bonchev–Trinajstić information content (AvgIpc) is 2.46. The van der Waals surface area contributed by atoms with Crippen molar-refractivity contribution in [2.24, 2.45) is 5.92 Å². The molecule has 1 amide bonds. The SMILES string of the molecule is CC1CCN(C(=O)COc2ccc([N+](=O)[O-])cc2F)CC1. The Labute approximate surface area is 121 Å². The molecule has 21 heavy (non-hydrogen) atoms. The van der Waals surface area contributed by atoms with E-state index in [1.165, 1.54) is 6.07 Å². The molecule has 0 saturated carbocycles. The third kappa shape index (κ3) is 3.90. The molecule has 0 radical (unpaired) electrons. The fraction of sp³-hybridized carbons (Fsp3) is 0.500. The summed E-state index contributed by atoms with van der Waals surface area (Å²) in [6.07, 6.45) is 1.91. The highest BCUT2D eigenvalue weighted by molar-refractivity contribution is 5.77. The molecule has 0 N–H and O–H groups in total. The van der Waals surface area contributed by atoms with E-state index in [2.05, 4.69) is 6.92 Å². The number of benzene rings is 1. The minimum Gasteiger partial charge on any atom is -0.481 e. The molecule has 2 rings (SSSR count). The second kappa shape index (κ2) is 6.51. The molecule has 7 heteroatoms. The van der Waals surface area contributed by atoms with Gasteiger partial charge in [0, 0.05) is 19.2 Å². The molecule has 0 aromatic heterocycles. The van der Waals surface area contributed by atoms with E-state index in [1.54, 1.807) is 4.90 Å². The molecule has 0 bridgehead atoms. The molecule has 1 heterocycles. The van der Waals surface area contributed by atoms with Gasteiger partial charge < -0.3 is 9.64 Å². The van der Waals surface area contributed by atoms with Crippen LogP contribution in [0, 0.1) is 21.8 Å². The number of hydrogen-bond acceptors (Lipinski definition) is 4. The summed E-state index contributed by atoms with van der Waals surface area (Å²) in [6.45, 7) is 3.26. The summed E-state index contributed by atoms with van der Waals surface area (Å²) in [7, 11) is 0. The molecular formula is C14H17FN2O4. The smallest absolute Gasteiger partial charge is 0.272 e. The number of hydrogen-bond donors (Lipinski definition) is 0. The molecule has 1 aromatic carbocycles. The molecule has 1 aliphatic rings. The molecule has 114 valence electrons. The summed E-state index contributed by atoms with van der Waals surface area (Å²) in [5.41, 5.74) is -0.351. The van der Waals surface area contributed by atoms with E-state index in [4.69, 9.17) is 4.74 Å². The first-order valence-electron chi connectivity index (χ1n) is 6.82. The van der Waals surface area contributed by atoms with Crippen molar-refractivity contribution in [3.8, 4) is 5.75 Å². The highest BCUT2D eigenvalue weighted by atomic mass is 19.1. The van der Waals surface area contributed by atoms with Crippen molar-refractivity contribution in [1.82, 2.24) is 4.90 Å². The van der Waals surface area contributed by atoms with E-state index >= 15 is 0 Å². The number of halogens is 1. The maximum Gasteiger partial charge on any atom is 0.272 e. The Kier molecular flexibility index (Phi) is 4.72. The van der Waals surface area contributed by atoms with Gasteiger partial charge in [0.15, 0.2) is 18.2 Å². The van der Waals surface area contributed by atoms with E-state index in [0.29, 0.717) is 19.0 Å². The highest BCUT2D eigenvalue weighted by Crippen LogP contribution is 2.23.